The molecular weight excluding hydrogens is 502 g/mol. The number of carbonyl (C=O) groups is 1. The van der Waals surface area contributed by atoms with Crippen molar-refractivity contribution in [1.82, 2.24) is 4.90 Å². The molecular formula is C29H32ClN5O3. The molecule has 0 bridgehead atoms. The van der Waals surface area contributed by atoms with E-state index in [1.165, 1.54) is 6.07 Å². The molecule has 38 heavy (non-hydrogen) atoms. The van der Waals surface area contributed by atoms with Crippen molar-refractivity contribution in [2.24, 2.45) is 0 Å². The molecule has 198 valence electrons. The Morgan fingerprint density at radius 1 is 0.868 bits per heavy atom. The Morgan fingerprint density at radius 3 is 2.26 bits per heavy atom. The Labute approximate surface area is 227 Å². The SMILES string of the molecule is O=C(Nc1ccc(N2CCN(Cc3ccccc3Cl)CC2)cc1)c1ccc(N2CCCCC2)c([N+](=O)[O-])c1. The van der Waals surface area contributed by atoms with E-state index in [2.05, 4.69) is 21.2 Å². The summed E-state index contributed by atoms with van der Waals surface area (Å²) in [6.45, 7) is 6.14. The highest BCUT2D eigenvalue weighted by Crippen LogP contribution is 2.32. The van der Waals surface area contributed by atoms with Crippen molar-refractivity contribution in [3.63, 3.8) is 0 Å². The van der Waals surface area contributed by atoms with E-state index in [1.54, 1.807) is 12.1 Å². The number of carbonyl (C=O) groups excluding carboxylic acids is 1. The van der Waals surface area contributed by atoms with Gasteiger partial charge in [0, 0.05) is 73.8 Å². The van der Waals surface area contributed by atoms with Crippen molar-refractivity contribution in [3.05, 3.63) is 93.0 Å². The quantitative estimate of drug-likeness (QED) is 0.305. The third-order valence-corrected chi connectivity index (χ3v) is 7.71. The molecule has 8 nitrogen and oxygen atoms in total. The molecule has 0 aliphatic carbocycles. The summed E-state index contributed by atoms with van der Waals surface area (Å²) in [4.78, 5) is 31.0. The number of amides is 1. The van der Waals surface area contributed by atoms with E-state index in [0.717, 1.165) is 81.3 Å². The molecule has 0 unspecified atom stereocenters. The number of halogens is 1. The smallest absolute Gasteiger partial charge is 0.293 e. The van der Waals surface area contributed by atoms with Crippen LogP contribution in [0.3, 0.4) is 0 Å². The lowest BCUT2D eigenvalue weighted by atomic mass is 10.1. The molecule has 9 heteroatoms. The van der Waals surface area contributed by atoms with E-state index >= 15 is 0 Å². The van der Waals surface area contributed by atoms with Crippen molar-refractivity contribution in [1.29, 1.82) is 0 Å². The number of piperazine rings is 1. The number of anilines is 3. The van der Waals surface area contributed by atoms with E-state index in [1.807, 2.05) is 47.4 Å². The standard InChI is InChI=1S/C29H32ClN5O3/c30-26-7-3-2-6-23(26)21-32-16-18-33(19-17-32)25-11-9-24(10-12-25)31-29(36)22-8-13-27(28(20-22)35(37)38)34-14-4-1-5-15-34/h2-3,6-13,20H,1,4-5,14-19,21H2,(H,31,36). The molecule has 0 atom stereocenters. The fourth-order valence-electron chi connectivity index (χ4n) is 5.20. The Kier molecular flexibility index (Phi) is 8.10. The monoisotopic (exact) mass is 533 g/mol. The molecule has 0 aromatic heterocycles. The Bertz CT molecular complexity index is 1290. The number of nitro groups is 1. The van der Waals surface area contributed by atoms with Crippen molar-refractivity contribution < 1.29 is 9.72 Å². The third kappa shape index (κ3) is 6.09. The fourth-order valence-corrected chi connectivity index (χ4v) is 5.40. The van der Waals surface area contributed by atoms with Crippen molar-refractivity contribution in [3.8, 4) is 0 Å². The molecule has 2 aliphatic heterocycles. The molecule has 0 radical (unpaired) electrons. The molecule has 2 aliphatic rings. The lowest BCUT2D eigenvalue weighted by Crippen LogP contribution is -2.46. The number of nitrogens with one attached hydrogen (secondary N) is 1. The number of nitro benzene ring substituents is 1. The van der Waals surface area contributed by atoms with Gasteiger partial charge in [-0.1, -0.05) is 29.8 Å². The summed E-state index contributed by atoms with van der Waals surface area (Å²) in [5, 5.41) is 15.4. The van der Waals surface area contributed by atoms with Crippen LogP contribution in [-0.4, -0.2) is 55.0 Å². The van der Waals surface area contributed by atoms with Crippen molar-refractivity contribution in [2.45, 2.75) is 25.8 Å². The van der Waals surface area contributed by atoms with Gasteiger partial charge >= 0.3 is 0 Å². The van der Waals surface area contributed by atoms with Crippen LogP contribution in [-0.2, 0) is 6.54 Å². The summed E-state index contributed by atoms with van der Waals surface area (Å²) in [5.74, 6) is -0.362. The maximum absolute atomic E-state index is 12.9. The first-order chi connectivity index (χ1) is 18.5. The summed E-state index contributed by atoms with van der Waals surface area (Å²) in [7, 11) is 0. The van der Waals surface area contributed by atoms with E-state index < -0.39 is 4.92 Å². The number of benzene rings is 3. The van der Waals surface area contributed by atoms with Gasteiger partial charge in [-0.2, -0.15) is 0 Å². The van der Waals surface area contributed by atoms with Gasteiger partial charge in [-0.3, -0.25) is 19.8 Å². The van der Waals surface area contributed by atoms with E-state index in [0.29, 0.717) is 11.4 Å². The molecule has 2 heterocycles. The maximum Gasteiger partial charge on any atom is 0.293 e. The second kappa shape index (κ2) is 11.8. The van der Waals surface area contributed by atoms with Gasteiger partial charge in [-0.05, 0) is 67.3 Å². The predicted molar refractivity (Wildman–Crippen MR) is 152 cm³/mol. The van der Waals surface area contributed by atoms with Gasteiger partial charge in [-0.15, -0.1) is 0 Å². The van der Waals surface area contributed by atoms with Crippen LogP contribution in [0.4, 0.5) is 22.7 Å². The third-order valence-electron chi connectivity index (χ3n) is 7.35. The highest BCUT2D eigenvalue weighted by Gasteiger charge is 2.23. The normalized spacial score (nSPS) is 16.3. The zero-order chi connectivity index (χ0) is 26.5. The van der Waals surface area contributed by atoms with Crippen LogP contribution < -0.4 is 15.1 Å². The number of piperidine rings is 1. The number of hydrogen-bond acceptors (Lipinski definition) is 6. The van der Waals surface area contributed by atoms with Gasteiger partial charge < -0.3 is 15.1 Å². The maximum atomic E-state index is 12.9. The minimum absolute atomic E-state index is 0.0245. The molecule has 2 saturated heterocycles. The largest absolute Gasteiger partial charge is 0.369 e. The molecule has 0 spiro atoms. The van der Waals surface area contributed by atoms with E-state index in [4.69, 9.17) is 11.6 Å². The number of hydrogen-bond donors (Lipinski definition) is 1. The van der Waals surface area contributed by atoms with Gasteiger partial charge in [0.2, 0.25) is 0 Å². The Morgan fingerprint density at radius 2 is 1.58 bits per heavy atom. The van der Waals surface area contributed by atoms with Crippen molar-refractivity contribution in [2.75, 3.05) is 54.4 Å². The topological polar surface area (TPSA) is 82.0 Å². The van der Waals surface area contributed by atoms with Crippen molar-refractivity contribution >= 4 is 40.3 Å². The van der Waals surface area contributed by atoms with Crippen LogP contribution in [0.1, 0.15) is 35.2 Å². The minimum atomic E-state index is -0.399. The van der Waals surface area contributed by atoms with E-state index in [9.17, 15) is 14.9 Å². The highest BCUT2D eigenvalue weighted by atomic mass is 35.5. The van der Waals surface area contributed by atoms with Crippen LogP contribution in [0.2, 0.25) is 5.02 Å². The van der Waals surface area contributed by atoms with Crippen LogP contribution in [0, 0.1) is 10.1 Å². The zero-order valence-corrected chi connectivity index (χ0v) is 22.1. The lowest BCUT2D eigenvalue weighted by Gasteiger charge is -2.36. The molecule has 3 aromatic carbocycles. The summed E-state index contributed by atoms with van der Waals surface area (Å²) < 4.78 is 0. The number of rotatable bonds is 7. The van der Waals surface area contributed by atoms with Crippen LogP contribution >= 0.6 is 11.6 Å². The Hall–Kier alpha value is -3.62. The second-order valence-electron chi connectivity index (χ2n) is 9.86. The average Bonchev–Trinajstić information content (AvgIpc) is 2.95. The van der Waals surface area contributed by atoms with Crippen LogP contribution in [0.15, 0.2) is 66.7 Å². The average molecular weight is 534 g/mol. The molecule has 2 fully saturated rings. The molecule has 1 N–H and O–H groups in total. The van der Waals surface area contributed by atoms with Gasteiger partial charge in [-0.25, -0.2) is 0 Å². The van der Waals surface area contributed by atoms with E-state index in [-0.39, 0.29) is 17.2 Å². The fraction of sp³-hybridized carbons (Fsp3) is 0.345. The van der Waals surface area contributed by atoms with Gasteiger partial charge in [0.15, 0.2) is 0 Å². The van der Waals surface area contributed by atoms with Gasteiger partial charge in [0.05, 0.1) is 4.92 Å². The van der Waals surface area contributed by atoms with Gasteiger partial charge in [0.1, 0.15) is 5.69 Å². The van der Waals surface area contributed by atoms with Gasteiger partial charge in [0.25, 0.3) is 11.6 Å². The lowest BCUT2D eigenvalue weighted by molar-refractivity contribution is -0.384. The first kappa shape index (κ1) is 26.0. The summed E-state index contributed by atoms with van der Waals surface area (Å²) >= 11 is 6.32. The Balaban J connectivity index is 1.18. The first-order valence-corrected chi connectivity index (χ1v) is 13.5. The first-order valence-electron chi connectivity index (χ1n) is 13.1. The second-order valence-corrected chi connectivity index (χ2v) is 10.3. The molecule has 3 aromatic rings. The zero-order valence-electron chi connectivity index (χ0n) is 21.3. The molecule has 0 saturated carbocycles. The predicted octanol–water partition coefficient (Wildman–Crippen LogP) is 5.81. The minimum Gasteiger partial charge on any atom is -0.369 e. The summed E-state index contributed by atoms with van der Waals surface area (Å²) in [5.41, 5.74) is 3.73. The highest BCUT2D eigenvalue weighted by molar-refractivity contribution is 6.31. The number of nitrogens with zero attached hydrogens (tertiary/aromatic N) is 4. The van der Waals surface area contributed by atoms with Crippen LogP contribution in [0.5, 0.6) is 0 Å². The van der Waals surface area contributed by atoms with Crippen LogP contribution in [0.25, 0.3) is 0 Å². The molecule has 5 rings (SSSR count). The molecule has 1 amide bonds. The summed E-state index contributed by atoms with van der Waals surface area (Å²) in [6, 6.07) is 20.5. The summed E-state index contributed by atoms with van der Waals surface area (Å²) in [6.07, 6.45) is 3.19.